The minimum absolute atomic E-state index is 0.756. The summed E-state index contributed by atoms with van der Waals surface area (Å²) in [6.45, 7) is 1.93. The molecule has 0 aliphatic heterocycles. The van der Waals surface area contributed by atoms with Crippen LogP contribution in [0.25, 0.3) is 0 Å². The molecule has 0 atom stereocenters. The van der Waals surface area contributed by atoms with Crippen LogP contribution in [-0.2, 0) is 19.5 Å². The van der Waals surface area contributed by atoms with Gasteiger partial charge in [0.05, 0.1) is 12.0 Å². The van der Waals surface area contributed by atoms with Crippen molar-refractivity contribution in [3.63, 3.8) is 0 Å². The summed E-state index contributed by atoms with van der Waals surface area (Å²) in [5, 5.41) is 7.83. The summed E-state index contributed by atoms with van der Waals surface area (Å²) >= 11 is 1.76. The minimum atomic E-state index is 0.756. The summed E-state index contributed by atoms with van der Waals surface area (Å²) in [7, 11) is 0. The number of aromatic nitrogens is 2. The summed E-state index contributed by atoms with van der Waals surface area (Å²) in [6, 6.07) is 2.95. The van der Waals surface area contributed by atoms with Gasteiger partial charge in [0.1, 0.15) is 0 Å². The van der Waals surface area contributed by atoms with E-state index < -0.39 is 0 Å². The van der Waals surface area contributed by atoms with Gasteiger partial charge in [-0.3, -0.25) is 0 Å². The largest absolute Gasteiger partial charge is 0.337 e. The molecule has 0 radical (unpaired) electrons. The van der Waals surface area contributed by atoms with E-state index in [1.54, 1.807) is 11.3 Å². The Kier molecular flexibility index (Phi) is 3.25. The van der Waals surface area contributed by atoms with Gasteiger partial charge in [-0.05, 0) is 41.7 Å². The van der Waals surface area contributed by atoms with Gasteiger partial charge in [-0.15, -0.1) is 0 Å². The first kappa shape index (κ1) is 11.0. The maximum absolute atomic E-state index is 4.42. The number of aryl methyl sites for hydroxylation is 2. The maximum atomic E-state index is 4.42. The zero-order valence-corrected chi connectivity index (χ0v) is 10.6. The van der Waals surface area contributed by atoms with Gasteiger partial charge in [-0.1, -0.05) is 0 Å². The summed E-state index contributed by atoms with van der Waals surface area (Å²) in [5.41, 5.74) is 2.57. The molecule has 90 valence electrons. The van der Waals surface area contributed by atoms with Crippen molar-refractivity contribution < 1.29 is 0 Å². The molecule has 0 bridgehead atoms. The van der Waals surface area contributed by atoms with E-state index in [1.807, 2.05) is 6.33 Å². The quantitative estimate of drug-likeness (QED) is 0.849. The van der Waals surface area contributed by atoms with Crippen molar-refractivity contribution in [2.75, 3.05) is 0 Å². The summed E-state index contributed by atoms with van der Waals surface area (Å²) < 4.78 is 2.18. The third kappa shape index (κ3) is 3.17. The molecule has 2 aromatic rings. The second kappa shape index (κ2) is 5.02. The standard InChI is InChI=1S/C13H17N3S/c1-2-12(1)14-7-13-8-16(10-15-13)5-3-11-4-6-17-9-11/h4,6,8-10,12,14H,1-3,5,7H2. The molecule has 0 amide bonds. The molecule has 0 spiro atoms. The van der Waals surface area contributed by atoms with Gasteiger partial charge >= 0.3 is 0 Å². The lowest BCUT2D eigenvalue weighted by atomic mass is 10.2. The van der Waals surface area contributed by atoms with E-state index in [1.165, 1.54) is 18.4 Å². The zero-order chi connectivity index (χ0) is 11.5. The molecule has 4 heteroatoms. The highest BCUT2D eigenvalue weighted by Crippen LogP contribution is 2.19. The van der Waals surface area contributed by atoms with E-state index >= 15 is 0 Å². The summed E-state index contributed by atoms with van der Waals surface area (Å²) in [6.07, 6.45) is 7.85. The van der Waals surface area contributed by atoms with E-state index in [-0.39, 0.29) is 0 Å². The highest BCUT2D eigenvalue weighted by atomic mass is 32.1. The molecule has 1 aliphatic rings. The van der Waals surface area contributed by atoms with Gasteiger partial charge in [-0.25, -0.2) is 4.98 Å². The molecule has 3 nitrogen and oxygen atoms in total. The first-order chi connectivity index (χ1) is 8.40. The predicted molar refractivity (Wildman–Crippen MR) is 70.1 cm³/mol. The van der Waals surface area contributed by atoms with Crippen molar-refractivity contribution in [3.8, 4) is 0 Å². The average Bonchev–Trinajstić information content (AvgIpc) is 2.86. The fraction of sp³-hybridized carbons (Fsp3) is 0.462. The van der Waals surface area contributed by atoms with Crippen LogP contribution < -0.4 is 5.32 Å². The number of nitrogens with zero attached hydrogens (tertiary/aromatic N) is 2. The van der Waals surface area contributed by atoms with Crippen LogP contribution in [0.2, 0.25) is 0 Å². The fourth-order valence-electron chi connectivity index (χ4n) is 1.85. The Bertz CT molecular complexity index is 457. The Labute approximate surface area is 106 Å². The number of hydrogen-bond acceptors (Lipinski definition) is 3. The van der Waals surface area contributed by atoms with Crippen molar-refractivity contribution in [1.29, 1.82) is 0 Å². The van der Waals surface area contributed by atoms with Crippen LogP contribution in [0.1, 0.15) is 24.1 Å². The lowest BCUT2D eigenvalue weighted by molar-refractivity contribution is 0.671. The number of imidazole rings is 1. The van der Waals surface area contributed by atoms with Crippen molar-refractivity contribution >= 4 is 11.3 Å². The second-order valence-electron chi connectivity index (χ2n) is 4.64. The molecule has 17 heavy (non-hydrogen) atoms. The molecule has 1 saturated carbocycles. The first-order valence-corrected chi connectivity index (χ1v) is 7.09. The van der Waals surface area contributed by atoms with E-state index in [4.69, 9.17) is 0 Å². The molecule has 1 N–H and O–H groups in total. The molecule has 1 aliphatic carbocycles. The molecule has 2 heterocycles. The van der Waals surface area contributed by atoms with E-state index in [0.29, 0.717) is 0 Å². The molecular formula is C13H17N3S. The molecule has 0 unspecified atom stereocenters. The average molecular weight is 247 g/mol. The van der Waals surface area contributed by atoms with Gasteiger partial charge in [0.15, 0.2) is 0 Å². The zero-order valence-electron chi connectivity index (χ0n) is 9.80. The first-order valence-electron chi connectivity index (χ1n) is 6.15. The summed E-state index contributed by atoms with van der Waals surface area (Å²) in [5.74, 6) is 0. The van der Waals surface area contributed by atoms with Crippen LogP contribution in [0.3, 0.4) is 0 Å². The Morgan fingerprint density at radius 1 is 1.47 bits per heavy atom. The van der Waals surface area contributed by atoms with Crippen LogP contribution in [-0.4, -0.2) is 15.6 Å². The van der Waals surface area contributed by atoms with E-state index in [2.05, 4.69) is 37.9 Å². The Morgan fingerprint density at radius 2 is 2.41 bits per heavy atom. The Hall–Kier alpha value is -1.13. The Balaban J connectivity index is 1.49. The molecule has 1 fully saturated rings. The van der Waals surface area contributed by atoms with Crippen LogP contribution in [0.15, 0.2) is 29.4 Å². The smallest absolute Gasteiger partial charge is 0.0950 e. The molecular weight excluding hydrogens is 230 g/mol. The van der Waals surface area contributed by atoms with Crippen molar-refractivity contribution in [2.24, 2.45) is 0 Å². The van der Waals surface area contributed by atoms with Gasteiger partial charge in [0.25, 0.3) is 0 Å². The summed E-state index contributed by atoms with van der Waals surface area (Å²) in [4.78, 5) is 4.42. The third-order valence-electron chi connectivity index (χ3n) is 3.07. The van der Waals surface area contributed by atoms with Gasteiger partial charge in [0.2, 0.25) is 0 Å². The van der Waals surface area contributed by atoms with Crippen LogP contribution in [0.5, 0.6) is 0 Å². The SMILES string of the molecule is c1cc(CCn2cnc(CNC3CC3)c2)cs1. The highest BCUT2D eigenvalue weighted by Gasteiger charge is 2.20. The fourth-order valence-corrected chi connectivity index (χ4v) is 2.55. The minimum Gasteiger partial charge on any atom is -0.337 e. The van der Waals surface area contributed by atoms with Crippen molar-refractivity contribution in [3.05, 3.63) is 40.6 Å². The molecule has 0 aromatic carbocycles. The van der Waals surface area contributed by atoms with Crippen LogP contribution in [0.4, 0.5) is 0 Å². The van der Waals surface area contributed by atoms with Gasteiger partial charge in [0, 0.05) is 25.3 Å². The van der Waals surface area contributed by atoms with E-state index in [9.17, 15) is 0 Å². The molecule has 3 rings (SSSR count). The third-order valence-corrected chi connectivity index (χ3v) is 3.81. The van der Waals surface area contributed by atoms with Crippen molar-refractivity contribution in [2.45, 2.75) is 38.4 Å². The predicted octanol–water partition coefficient (Wildman–Crippen LogP) is 2.44. The normalized spacial score (nSPS) is 15.3. The second-order valence-corrected chi connectivity index (χ2v) is 5.42. The van der Waals surface area contributed by atoms with Gasteiger partial charge in [-0.2, -0.15) is 11.3 Å². The maximum Gasteiger partial charge on any atom is 0.0950 e. The topological polar surface area (TPSA) is 29.9 Å². The lowest BCUT2D eigenvalue weighted by Crippen LogP contribution is -2.15. The molecule has 0 saturated heterocycles. The Morgan fingerprint density at radius 3 is 3.18 bits per heavy atom. The van der Waals surface area contributed by atoms with Gasteiger partial charge < -0.3 is 9.88 Å². The monoisotopic (exact) mass is 247 g/mol. The number of rotatable bonds is 6. The number of hydrogen-bond donors (Lipinski definition) is 1. The van der Waals surface area contributed by atoms with Crippen molar-refractivity contribution in [1.82, 2.24) is 14.9 Å². The van der Waals surface area contributed by atoms with Crippen LogP contribution in [0, 0.1) is 0 Å². The highest BCUT2D eigenvalue weighted by molar-refractivity contribution is 7.07. The molecule has 2 aromatic heterocycles. The lowest BCUT2D eigenvalue weighted by Gasteiger charge is -2.00. The van der Waals surface area contributed by atoms with Crippen LogP contribution >= 0.6 is 11.3 Å². The van der Waals surface area contributed by atoms with E-state index in [0.717, 1.165) is 31.2 Å². The number of thiophene rings is 1. The number of nitrogens with one attached hydrogen (secondary N) is 1.